The molecule has 2 rings (SSSR count). The molecule has 1 aromatic carbocycles. The van der Waals surface area contributed by atoms with Gasteiger partial charge in [-0.25, -0.2) is 0 Å². The van der Waals surface area contributed by atoms with Gasteiger partial charge in [-0.2, -0.15) is 0 Å². The lowest BCUT2D eigenvalue weighted by Crippen LogP contribution is -2.44. The van der Waals surface area contributed by atoms with Crippen LogP contribution in [0, 0.1) is 0 Å². The predicted octanol–water partition coefficient (Wildman–Crippen LogP) is -0.498. The lowest BCUT2D eigenvalue weighted by molar-refractivity contribution is 0.0578. The van der Waals surface area contributed by atoms with Gasteiger partial charge in [0, 0.05) is 20.1 Å². The standard InChI is InChI=1S/C12H16N2O4/c1-14(9-5-13-6-11(9)17)12(18)8-4-7(15)2-3-10(8)16/h2-4,9,11,13,15-17H,5-6H2,1H3/t9-,11-/m1/s1. The van der Waals surface area contributed by atoms with Crippen LogP contribution in [0.3, 0.4) is 0 Å². The van der Waals surface area contributed by atoms with Gasteiger partial charge in [0.2, 0.25) is 0 Å². The van der Waals surface area contributed by atoms with Gasteiger partial charge >= 0.3 is 0 Å². The van der Waals surface area contributed by atoms with E-state index in [9.17, 15) is 20.1 Å². The Balaban J connectivity index is 2.22. The molecular weight excluding hydrogens is 236 g/mol. The van der Waals surface area contributed by atoms with Crippen molar-refractivity contribution in [2.75, 3.05) is 20.1 Å². The maximum atomic E-state index is 12.2. The Bertz CT molecular complexity index is 463. The van der Waals surface area contributed by atoms with E-state index >= 15 is 0 Å². The van der Waals surface area contributed by atoms with Crippen molar-refractivity contribution in [1.29, 1.82) is 0 Å². The lowest BCUT2D eigenvalue weighted by Gasteiger charge is -2.26. The first-order valence-electron chi connectivity index (χ1n) is 5.68. The number of carbonyl (C=O) groups excluding carboxylic acids is 1. The van der Waals surface area contributed by atoms with E-state index in [1.54, 1.807) is 7.05 Å². The van der Waals surface area contributed by atoms with Crippen LogP contribution in [-0.4, -0.2) is 58.4 Å². The molecule has 0 radical (unpaired) electrons. The SMILES string of the molecule is CN(C(=O)c1cc(O)ccc1O)[C@@H]1CNC[C@H]1O. The van der Waals surface area contributed by atoms with E-state index in [1.165, 1.54) is 23.1 Å². The van der Waals surface area contributed by atoms with Crippen molar-refractivity contribution in [3.05, 3.63) is 23.8 Å². The molecule has 6 nitrogen and oxygen atoms in total. The number of nitrogens with one attached hydrogen (secondary N) is 1. The topological polar surface area (TPSA) is 93.0 Å². The van der Waals surface area contributed by atoms with Crippen molar-refractivity contribution in [3.63, 3.8) is 0 Å². The first-order chi connectivity index (χ1) is 8.50. The van der Waals surface area contributed by atoms with Crippen molar-refractivity contribution < 1.29 is 20.1 Å². The number of phenolic OH excluding ortho intramolecular Hbond substituents is 2. The number of hydrogen-bond acceptors (Lipinski definition) is 5. The summed E-state index contributed by atoms with van der Waals surface area (Å²) in [5.74, 6) is -0.712. The summed E-state index contributed by atoms with van der Waals surface area (Å²) in [4.78, 5) is 13.5. The molecule has 1 heterocycles. The fraction of sp³-hybridized carbons (Fsp3) is 0.417. The minimum atomic E-state index is -0.626. The van der Waals surface area contributed by atoms with E-state index in [0.29, 0.717) is 13.1 Å². The number of benzene rings is 1. The molecule has 1 fully saturated rings. The second-order valence-electron chi connectivity index (χ2n) is 4.41. The number of aromatic hydroxyl groups is 2. The third kappa shape index (κ3) is 2.25. The first-order valence-corrected chi connectivity index (χ1v) is 5.68. The fourth-order valence-corrected chi connectivity index (χ4v) is 2.08. The van der Waals surface area contributed by atoms with Crippen molar-refractivity contribution >= 4 is 5.91 Å². The van der Waals surface area contributed by atoms with Crippen molar-refractivity contribution in [2.24, 2.45) is 0 Å². The summed E-state index contributed by atoms with van der Waals surface area (Å²) >= 11 is 0. The third-order valence-corrected chi connectivity index (χ3v) is 3.18. The van der Waals surface area contributed by atoms with Crippen molar-refractivity contribution in [2.45, 2.75) is 12.1 Å². The number of likely N-dealkylation sites (N-methyl/N-ethyl adjacent to an activating group) is 1. The Morgan fingerprint density at radius 2 is 2.11 bits per heavy atom. The van der Waals surface area contributed by atoms with Crippen molar-refractivity contribution in [3.8, 4) is 11.5 Å². The number of carbonyl (C=O) groups is 1. The van der Waals surface area contributed by atoms with Crippen molar-refractivity contribution in [1.82, 2.24) is 10.2 Å². The molecule has 0 saturated carbocycles. The van der Waals surface area contributed by atoms with Crippen LogP contribution in [0.4, 0.5) is 0 Å². The number of phenols is 2. The molecule has 1 aromatic rings. The van der Waals surface area contributed by atoms with Crippen LogP contribution < -0.4 is 5.32 Å². The monoisotopic (exact) mass is 252 g/mol. The molecule has 4 N–H and O–H groups in total. The van der Waals surface area contributed by atoms with Gasteiger partial charge in [-0.05, 0) is 18.2 Å². The maximum absolute atomic E-state index is 12.2. The number of β-amino-alcohol motifs (C(OH)–C–C–N with tert-alkyl or cyclic N) is 1. The molecule has 6 heteroatoms. The number of aliphatic hydroxyl groups excluding tert-OH is 1. The predicted molar refractivity (Wildman–Crippen MR) is 64.5 cm³/mol. The molecule has 0 bridgehead atoms. The van der Waals surface area contributed by atoms with E-state index < -0.39 is 12.0 Å². The van der Waals surface area contributed by atoms with E-state index in [0.717, 1.165) is 0 Å². The summed E-state index contributed by atoms with van der Waals surface area (Å²) in [6.45, 7) is 0.942. The normalized spacial score (nSPS) is 23.0. The van der Waals surface area contributed by atoms with Crippen LogP contribution in [0.25, 0.3) is 0 Å². The van der Waals surface area contributed by atoms with Crippen LogP contribution in [0.1, 0.15) is 10.4 Å². The summed E-state index contributed by atoms with van der Waals surface area (Å²) in [5.41, 5.74) is 0.0246. The van der Waals surface area contributed by atoms with Gasteiger partial charge in [0.1, 0.15) is 11.5 Å². The quantitative estimate of drug-likeness (QED) is 0.533. The van der Waals surface area contributed by atoms with Crippen LogP contribution in [0.5, 0.6) is 11.5 Å². The Labute approximate surface area is 104 Å². The lowest BCUT2D eigenvalue weighted by atomic mass is 10.1. The molecular formula is C12H16N2O4. The Kier molecular flexibility index (Phi) is 3.40. The molecule has 0 spiro atoms. The van der Waals surface area contributed by atoms with Gasteiger partial charge in [0.05, 0.1) is 17.7 Å². The second-order valence-corrected chi connectivity index (χ2v) is 4.41. The summed E-state index contributed by atoms with van der Waals surface area (Å²) in [7, 11) is 1.56. The van der Waals surface area contributed by atoms with Gasteiger partial charge in [-0.1, -0.05) is 0 Å². The second kappa shape index (κ2) is 4.83. The molecule has 18 heavy (non-hydrogen) atoms. The molecule has 1 aliphatic rings. The summed E-state index contributed by atoms with van der Waals surface area (Å²) in [6.07, 6.45) is -0.626. The van der Waals surface area contributed by atoms with Gasteiger partial charge in [-0.3, -0.25) is 4.79 Å². The van der Waals surface area contributed by atoms with E-state index in [4.69, 9.17) is 0 Å². The maximum Gasteiger partial charge on any atom is 0.257 e. The minimum absolute atomic E-state index is 0.0246. The van der Waals surface area contributed by atoms with Gasteiger partial charge in [-0.15, -0.1) is 0 Å². The molecule has 98 valence electrons. The number of rotatable bonds is 2. The summed E-state index contributed by atoms with van der Waals surface area (Å²) in [5, 5.41) is 31.7. The number of amides is 1. The summed E-state index contributed by atoms with van der Waals surface area (Å²) < 4.78 is 0. The van der Waals surface area contributed by atoms with Gasteiger partial charge in [0.15, 0.2) is 0 Å². The first kappa shape index (κ1) is 12.7. The van der Waals surface area contributed by atoms with E-state index in [2.05, 4.69) is 5.32 Å². The fourth-order valence-electron chi connectivity index (χ4n) is 2.08. The Morgan fingerprint density at radius 3 is 2.72 bits per heavy atom. The van der Waals surface area contributed by atoms with Crippen LogP contribution >= 0.6 is 0 Å². The average molecular weight is 252 g/mol. The van der Waals surface area contributed by atoms with Gasteiger partial charge < -0.3 is 25.5 Å². The number of aliphatic hydroxyl groups is 1. The number of hydrogen-bond donors (Lipinski definition) is 4. The summed E-state index contributed by atoms with van der Waals surface area (Å²) in [6, 6.07) is 3.44. The molecule has 0 aromatic heterocycles. The molecule has 1 amide bonds. The van der Waals surface area contributed by atoms with Crippen LogP contribution in [0.2, 0.25) is 0 Å². The highest BCUT2D eigenvalue weighted by Gasteiger charge is 2.32. The molecule has 0 aliphatic carbocycles. The van der Waals surface area contributed by atoms with Crippen LogP contribution in [-0.2, 0) is 0 Å². The largest absolute Gasteiger partial charge is 0.508 e. The minimum Gasteiger partial charge on any atom is -0.508 e. The third-order valence-electron chi connectivity index (χ3n) is 3.18. The smallest absolute Gasteiger partial charge is 0.257 e. The number of nitrogens with zero attached hydrogens (tertiary/aromatic N) is 1. The Hall–Kier alpha value is -1.79. The molecule has 1 aliphatic heterocycles. The molecule has 2 atom stereocenters. The molecule has 1 saturated heterocycles. The van der Waals surface area contributed by atoms with E-state index in [-0.39, 0.29) is 23.1 Å². The van der Waals surface area contributed by atoms with Crippen LogP contribution in [0.15, 0.2) is 18.2 Å². The van der Waals surface area contributed by atoms with E-state index in [1.807, 2.05) is 0 Å². The zero-order valence-electron chi connectivity index (χ0n) is 10.00. The average Bonchev–Trinajstić information content (AvgIpc) is 2.77. The zero-order valence-corrected chi connectivity index (χ0v) is 10.00. The Morgan fingerprint density at radius 1 is 1.39 bits per heavy atom. The highest BCUT2D eigenvalue weighted by Crippen LogP contribution is 2.24. The highest BCUT2D eigenvalue weighted by molar-refractivity contribution is 5.97. The highest BCUT2D eigenvalue weighted by atomic mass is 16.3. The van der Waals surface area contributed by atoms with Gasteiger partial charge in [0.25, 0.3) is 5.91 Å². The zero-order chi connectivity index (χ0) is 13.3. The molecule has 0 unspecified atom stereocenters.